The lowest BCUT2D eigenvalue weighted by molar-refractivity contribution is 0.0280. The van der Waals surface area contributed by atoms with E-state index in [4.69, 9.17) is 19.6 Å². The average Bonchev–Trinajstić information content (AvgIpc) is 3.18. The van der Waals surface area contributed by atoms with Gasteiger partial charge < -0.3 is 24.9 Å². The van der Waals surface area contributed by atoms with Crippen molar-refractivity contribution in [2.45, 2.75) is 13.0 Å². The van der Waals surface area contributed by atoms with E-state index in [-0.39, 0.29) is 11.5 Å². The van der Waals surface area contributed by atoms with Gasteiger partial charge in [0.15, 0.2) is 6.10 Å². The second kappa shape index (κ2) is 8.21. The summed E-state index contributed by atoms with van der Waals surface area (Å²) in [5.41, 5.74) is 6.41. The molecule has 0 fully saturated rings. The molecular formula is C19H18N4O5. The highest BCUT2D eigenvalue weighted by Crippen LogP contribution is 2.25. The summed E-state index contributed by atoms with van der Waals surface area (Å²) in [5.74, 6) is 0.558. The van der Waals surface area contributed by atoms with Crippen LogP contribution < -0.4 is 15.8 Å². The molecule has 0 aliphatic rings. The maximum atomic E-state index is 12.3. The summed E-state index contributed by atoms with van der Waals surface area (Å²) < 4.78 is 16.1. The van der Waals surface area contributed by atoms with Crippen LogP contribution in [0, 0.1) is 0 Å². The molecule has 0 spiro atoms. The number of carbonyl (C=O) groups excluding carboxylic acids is 2. The first-order chi connectivity index (χ1) is 13.5. The highest BCUT2D eigenvalue weighted by atomic mass is 16.6. The number of hydrogen-bond acceptors (Lipinski definition) is 7. The molecule has 28 heavy (non-hydrogen) atoms. The van der Waals surface area contributed by atoms with Crippen LogP contribution in [0.25, 0.3) is 11.5 Å². The van der Waals surface area contributed by atoms with Gasteiger partial charge in [0.1, 0.15) is 5.75 Å². The molecular weight excluding hydrogens is 364 g/mol. The van der Waals surface area contributed by atoms with Crippen LogP contribution in [-0.2, 0) is 4.74 Å². The predicted molar refractivity (Wildman–Crippen MR) is 99.8 cm³/mol. The average molecular weight is 382 g/mol. The summed E-state index contributed by atoms with van der Waals surface area (Å²) in [4.78, 5) is 23.3. The van der Waals surface area contributed by atoms with Gasteiger partial charge in [0.25, 0.3) is 5.89 Å². The quantitative estimate of drug-likeness (QED) is 0.626. The molecule has 2 amide bonds. The number of nitrogens with zero attached hydrogens (tertiary/aromatic N) is 2. The van der Waals surface area contributed by atoms with Gasteiger partial charge >= 0.3 is 12.0 Å². The zero-order valence-electron chi connectivity index (χ0n) is 15.2. The molecule has 1 atom stereocenters. The van der Waals surface area contributed by atoms with Gasteiger partial charge in [-0.2, -0.15) is 0 Å². The number of esters is 1. The number of hydrogen-bond donors (Lipinski definition) is 2. The first kappa shape index (κ1) is 18.9. The van der Waals surface area contributed by atoms with Gasteiger partial charge in [-0.15, -0.1) is 10.2 Å². The molecule has 9 heteroatoms. The number of rotatable bonds is 6. The Balaban J connectivity index is 1.69. The van der Waals surface area contributed by atoms with E-state index < -0.39 is 18.1 Å². The Hall–Kier alpha value is -3.88. The molecule has 1 unspecified atom stereocenters. The van der Waals surface area contributed by atoms with Gasteiger partial charge in [0.05, 0.1) is 12.7 Å². The second-order valence-electron chi connectivity index (χ2n) is 5.79. The SMILES string of the molecule is COc1ccc(-c2nnc(C(C)OC(=O)c3cccc(NC(N)=O)c3)o2)cc1. The van der Waals surface area contributed by atoms with E-state index in [1.54, 1.807) is 56.5 Å². The summed E-state index contributed by atoms with van der Waals surface area (Å²) in [6.45, 7) is 1.62. The van der Waals surface area contributed by atoms with E-state index in [0.717, 1.165) is 0 Å². The lowest BCUT2D eigenvalue weighted by atomic mass is 10.2. The van der Waals surface area contributed by atoms with E-state index in [0.29, 0.717) is 22.9 Å². The number of nitrogens with two attached hydrogens (primary N) is 1. The molecule has 1 aromatic heterocycles. The van der Waals surface area contributed by atoms with E-state index >= 15 is 0 Å². The van der Waals surface area contributed by atoms with Crippen LogP contribution >= 0.6 is 0 Å². The van der Waals surface area contributed by atoms with Gasteiger partial charge in [-0.1, -0.05) is 6.07 Å². The monoisotopic (exact) mass is 382 g/mol. The van der Waals surface area contributed by atoms with Crippen molar-refractivity contribution in [3.63, 3.8) is 0 Å². The molecule has 144 valence electrons. The number of aromatic nitrogens is 2. The molecule has 0 bridgehead atoms. The summed E-state index contributed by atoms with van der Waals surface area (Å²) in [6, 6.07) is 12.6. The number of nitrogens with one attached hydrogen (secondary N) is 1. The Morgan fingerprint density at radius 3 is 2.57 bits per heavy atom. The summed E-state index contributed by atoms with van der Waals surface area (Å²) in [5, 5.41) is 10.3. The summed E-state index contributed by atoms with van der Waals surface area (Å²) in [7, 11) is 1.58. The van der Waals surface area contributed by atoms with E-state index in [2.05, 4.69) is 15.5 Å². The number of carbonyl (C=O) groups is 2. The minimum atomic E-state index is -0.764. The van der Waals surface area contributed by atoms with Crippen molar-refractivity contribution in [3.05, 3.63) is 60.0 Å². The number of amides is 2. The highest BCUT2D eigenvalue weighted by Gasteiger charge is 2.20. The molecule has 2 aromatic carbocycles. The topological polar surface area (TPSA) is 130 Å². The van der Waals surface area contributed by atoms with Gasteiger partial charge in [0, 0.05) is 11.3 Å². The van der Waals surface area contributed by atoms with Gasteiger partial charge in [-0.25, -0.2) is 9.59 Å². The third-order valence-corrected chi connectivity index (χ3v) is 3.77. The van der Waals surface area contributed by atoms with Crippen LogP contribution in [0.4, 0.5) is 10.5 Å². The molecule has 0 aliphatic carbocycles. The number of ether oxygens (including phenoxy) is 2. The summed E-state index contributed by atoms with van der Waals surface area (Å²) in [6.07, 6.45) is -0.764. The molecule has 0 saturated heterocycles. The lowest BCUT2D eigenvalue weighted by Crippen LogP contribution is -2.19. The van der Waals surface area contributed by atoms with E-state index in [1.165, 1.54) is 6.07 Å². The normalized spacial score (nSPS) is 11.5. The number of benzene rings is 2. The Bertz CT molecular complexity index is 984. The van der Waals surface area contributed by atoms with Crippen molar-refractivity contribution in [2.24, 2.45) is 5.73 Å². The molecule has 0 radical (unpaired) electrons. The molecule has 1 heterocycles. The van der Waals surface area contributed by atoms with Crippen LogP contribution in [0.2, 0.25) is 0 Å². The van der Waals surface area contributed by atoms with Crippen LogP contribution in [-0.4, -0.2) is 29.3 Å². The number of anilines is 1. The van der Waals surface area contributed by atoms with Crippen LogP contribution in [0.15, 0.2) is 52.9 Å². The van der Waals surface area contributed by atoms with Gasteiger partial charge in [-0.3, -0.25) is 0 Å². The van der Waals surface area contributed by atoms with Gasteiger partial charge in [0.2, 0.25) is 5.89 Å². The Kier molecular flexibility index (Phi) is 5.54. The third-order valence-electron chi connectivity index (χ3n) is 3.77. The standard InChI is InChI=1S/C19H18N4O5/c1-11(27-18(24)13-4-3-5-14(10-13)21-19(20)25)16-22-23-17(28-16)12-6-8-15(26-2)9-7-12/h3-11H,1-2H3,(H3,20,21,25). The fourth-order valence-corrected chi connectivity index (χ4v) is 2.39. The molecule has 0 saturated carbocycles. The minimum Gasteiger partial charge on any atom is -0.497 e. The maximum Gasteiger partial charge on any atom is 0.338 e. The molecule has 3 N–H and O–H groups in total. The molecule has 3 rings (SSSR count). The Labute approximate surface area is 160 Å². The van der Waals surface area contributed by atoms with Crippen LogP contribution in [0.1, 0.15) is 29.3 Å². The van der Waals surface area contributed by atoms with Crippen LogP contribution in [0.5, 0.6) is 5.75 Å². The predicted octanol–water partition coefficient (Wildman–Crippen LogP) is 3.15. The fourth-order valence-electron chi connectivity index (χ4n) is 2.39. The largest absolute Gasteiger partial charge is 0.497 e. The fraction of sp³-hybridized carbons (Fsp3) is 0.158. The van der Waals surface area contributed by atoms with Crippen molar-refractivity contribution >= 4 is 17.7 Å². The van der Waals surface area contributed by atoms with Crippen molar-refractivity contribution < 1.29 is 23.5 Å². The first-order valence-corrected chi connectivity index (χ1v) is 8.31. The number of primary amides is 1. The van der Waals surface area contributed by atoms with Crippen molar-refractivity contribution in [1.29, 1.82) is 0 Å². The molecule has 9 nitrogen and oxygen atoms in total. The van der Waals surface area contributed by atoms with E-state index in [9.17, 15) is 9.59 Å². The number of urea groups is 1. The van der Waals surface area contributed by atoms with Gasteiger partial charge in [-0.05, 0) is 49.4 Å². The first-order valence-electron chi connectivity index (χ1n) is 8.31. The van der Waals surface area contributed by atoms with Crippen molar-refractivity contribution in [1.82, 2.24) is 10.2 Å². The zero-order valence-corrected chi connectivity index (χ0v) is 15.2. The Morgan fingerprint density at radius 2 is 1.89 bits per heavy atom. The highest BCUT2D eigenvalue weighted by molar-refractivity contribution is 5.93. The zero-order chi connectivity index (χ0) is 20.1. The summed E-state index contributed by atoms with van der Waals surface area (Å²) >= 11 is 0. The van der Waals surface area contributed by atoms with Crippen LogP contribution in [0.3, 0.4) is 0 Å². The number of methoxy groups -OCH3 is 1. The Morgan fingerprint density at radius 1 is 1.14 bits per heavy atom. The van der Waals surface area contributed by atoms with Crippen molar-refractivity contribution in [3.8, 4) is 17.2 Å². The third kappa shape index (κ3) is 4.44. The smallest absolute Gasteiger partial charge is 0.338 e. The van der Waals surface area contributed by atoms with E-state index in [1.807, 2.05) is 0 Å². The second-order valence-corrected chi connectivity index (χ2v) is 5.79. The maximum absolute atomic E-state index is 12.3. The molecule has 3 aromatic rings. The molecule has 0 aliphatic heterocycles. The minimum absolute atomic E-state index is 0.158. The lowest BCUT2D eigenvalue weighted by Gasteiger charge is -2.10. The van der Waals surface area contributed by atoms with Crippen molar-refractivity contribution in [2.75, 3.05) is 12.4 Å².